The molecule has 0 spiro atoms. The van der Waals surface area contributed by atoms with Crippen LogP contribution < -0.4 is 5.32 Å². The molecule has 0 aliphatic carbocycles. The third-order valence-corrected chi connectivity index (χ3v) is 5.16. The summed E-state index contributed by atoms with van der Waals surface area (Å²) in [5, 5.41) is 2.91. The number of hydrogen-bond acceptors (Lipinski definition) is 3. The summed E-state index contributed by atoms with van der Waals surface area (Å²) in [6.45, 7) is 3.55. The monoisotopic (exact) mass is 419 g/mol. The number of anilines is 1. The number of nitrogens with one attached hydrogen (secondary N) is 1. The largest absolute Gasteiger partial charge is 0.417 e. The minimum atomic E-state index is -4.58. The van der Waals surface area contributed by atoms with E-state index in [-0.39, 0.29) is 31.1 Å². The first kappa shape index (κ1) is 21.8. The first-order valence-electron chi connectivity index (χ1n) is 9.85. The Morgan fingerprint density at radius 2 is 1.60 bits per heavy atom. The van der Waals surface area contributed by atoms with E-state index < -0.39 is 17.6 Å². The molecule has 160 valence electrons. The zero-order valence-electron chi connectivity index (χ0n) is 16.7. The molecule has 1 aliphatic heterocycles. The maximum absolute atomic E-state index is 13.2. The Hall–Kier alpha value is -2.87. The predicted molar refractivity (Wildman–Crippen MR) is 108 cm³/mol. The molecule has 0 atom stereocenters. The Morgan fingerprint density at radius 3 is 2.27 bits per heavy atom. The van der Waals surface area contributed by atoms with Crippen LogP contribution in [-0.4, -0.2) is 54.3 Å². The molecule has 0 bridgehead atoms. The third-order valence-electron chi connectivity index (χ3n) is 5.16. The molecule has 0 aromatic heterocycles. The number of aryl methyl sites for hydroxylation is 1. The van der Waals surface area contributed by atoms with Gasteiger partial charge in [-0.15, -0.1) is 0 Å². The lowest BCUT2D eigenvalue weighted by Crippen LogP contribution is -2.50. The molecule has 5 nitrogen and oxygen atoms in total. The van der Waals surface area contributed by atoms with E-state index in [1.54, 1.807) is 0 Å². The molecule has 1 fully saturated rings. The van der Waals surface area contributed by atoms with Gasteiger partial charge in [-0.3, -0.25) is 14.5 Å². The fraction of sp³-hybridized carbons (Fsp3) is 0.364. The van der Waals surface area contributed by atoms with Crippen molar-refractivity contribution in [2.75, 3.05) is 38.0 Å². The van der Waals surface area contributed by atoms with Gasteiger partial charge in [-0.05, 0) is 30.2 Å². The number of nitrogens with zero attached hydrogens (tertiary/aromatic N) is 2. The standard InChI is InChI=1S/C22H24F3N3O2/c1-2-16-7-3-6-10-19(16)26-20(29)15-27-11-13-28(14-12-27)21(30)17-8-4-5-9-18(17)22(23,24)25/h3-10H,2,11-15H2,1H3,(H,26,29). The Kier molecular flexibility index (Phi) is 6.77. The number of alkyl halides is 3. The van der Waals surface area contributed by atoms with Gasteiger partial charge in [0.25, 0.3) is 5.91 Å². The Morgan fingerprint density at radius 1 is 0.967 bits per heavy atom. The highest BCUT2D eigenvalue weighted by Gasteiger charge is 2.36. The quantitative estimate of drug-likeness (QED) is 0.805. The fourth-order valence-corrected chi connectivity index (χ4v) is 3.54. The lowest BCUT2D eigenvalue weighted by Gasteiger charge is -2.34. The molecule has 0 saturated carbocycles. The molecule has 2 amide bonds. The summed E-state index contributed by atoms with van der Waals surface area (Å²) in [5.41, 5.74) is 0.561. The number of halogens is 3. The molecule has 1 N–H and O–H groups in total. The number of hydrogen-bond donors (Lipinski definition) is 1. The highest BCUT2D eigenvalue weighted by molar-refractivity contribution is 5.96. The number of rotatable bonds is 5. The molecule has 0 unspecified atom stereocenters. The van der Waals surface area contributed by atoms with Crippen LogP contribution in [-0.2, 0) is 17.4 Å². The van der Waals surface area contributed by atoms with Crippen LogP contribution in [0.1, 0.15) is 28.4 Å². The van der Waals surface area contributed by atoms with E-state index >= 15 is 0 Å². The number of amides is 2. The van der Waals surface area contributed by atoms with Crippen molar-refractivity contribution in [3.05, 3.63) is 65.2 Å². The van der Waals surface area contributed by atoms with Crippen LogP contribution in [0.4, 0.5) is 18.9 Å². The van der Waals surface area contributed by atoms with Crippen LogP contribution in [0.3, 0.4) is 0 Å². The molecular formula is C22H24F3N3O2. The predicted octanol–water partition coefficient (Wildman–Crippen LogP) is 3.66. The summed E-state index contributed by atoms with van der Waals surface area (Å²) in [4.78, 5) is 28.3. The Balaban J connectivity index is 1.56. The van der Waals surface area contributed by atoms with Crippen molar-refractivity contribution in [1.29, 1.82) is 0 Å². The SMILES string of the molecule is CCc1ccccc1NC(=O)CN1CCN(C(=O)c2ccccc2C(F)(F)F)CC1. The van der Waals surface area contributed by atoms with Gasteiger partial charge >= 0.3 is 6.18 Å². The summed E-state index contributed by atoms with van der Waals surface area (Å²) in [6, 6.07) is 12.4. The molecular weight excluding hydrogens is 395 g/mol. The first-order chi connectivity index (χ1) is 14.3. The van der Waals surface area contributed by atoms with Gasteiger partial charge in [0.15, 0.2) is 0 Å². The number of carbonyl (C=O) groups excluding carboxylic acids is 2. The van der Waals surface area contributed by atoms with Gasteiger partial charge in [-0.1, -0.05) is 37.3 Å². The maximum atomic E-state index is 13.2. The molecule has 2 aromatic rings. The molecule has 1 saturated heterocycles. The average Bonchev–Trinajstić information content (AvgIpc) is 2.73. The van der Waals surface area contributed by atoms with Gasteiger partial charge < -0.3 is 10.2 Å². The minimum Gasteiger partial charge on any atom is -0.336 e. The molecule has 1 aliphatic rings. The van der Waals surface area contributed by atoms with Crippen LogP contribution in [0.25, 0.3) is 0 Å². The lowest BCUT2D eigenvalue weighted by molar-refractivity contribution is -0.138. The average molecular weight is 419 g/mol. The van der Waals surface area contributed by atoms with Gasteiger partial charge in [-0.2, -0.15) is 13.2 Å². The summed E-state index contributed by atoms with van der Waals surface area (Å²) >= 11 is 0. The third kappa shape index (κ3) is 5.18. The van der Waals surface area contributed by atoms with E-state index in [2.05, 4.69) is 5.32 Å². The summed E-state index contributed by atoms with van der Waals surface area (Å²) < 4.78 is 39.6. The van der Waals surface area contributed by atoms with Crippen molar-refractivity contribution in [1.82, 2.24) is 9.80 Å². The number of para-hydroxylation sites is 1. The molecule has 3 rings (SSSR count). The lowest BCUT2D eigenvalue weighted by atomic mass is 10.1. The van der Waals surface area contributed by atoms with Crippen molar-refractivity contribution < 1.29 is 22.8 Å². The van der Waals surface area contributed by atoms with E-state index in [1.807, 2.05) is 36.1 Å². The van der Waals surface area contributed by atoms with Crippen molar-refractivity contribution in [2.45, 2.75) is 19.5 Å². The second-order valence-corrected chi connectivity index (χ2v) is 7.17. The Labute approximate surface area is 173 Å². The zero-order chi connectivity index (χ0) is 21.7. The second kappa shape index (κ2) is 9.30. The fourth-order valence-electron chi connectivity index (χ4n) is 3.54. The van der Waals surface area contributed by atoms with E-state index in [0.29, 0.717) is 13.1 Å². The summed E-state index contributed by atoms with van der Waals surface area (Å²) in [5.74, 6) is -0.790. The van der Waals surface area contributed by atoms with Gasteiger partial charge in [0.05, 0.1) is 17.7 Å². The van der Waals surface area contributed by atoms with Crippen LogP contribution in [0.15, 0.2) is 48.5 Å². The molecule has 8 heteroatoms. The van der Waals surface area contributed by atoms with Crippen LogP contribution in [0, 0.1) is 0 Å². The summed E-state index contributed by atoms with van der Waals surface area (Å²) in [6.07, 6.45) is -3.78. The van der Waals surface area contributed by atoms with Crippen LogP contribution in [0.5, 0.6) is 0 Å². The highest BCUT2D eigenvalue weighted by Crippen LogP contribution is 2.32. The van der Waals surface area contributed by atoms with E-state index in [0.717, 1.165) is 23.7 Å². The molecule has 0 radical (unpaired) electrons. The van der Waals surface area contributed by atoms with Crippen LogP contribution >= 0.6 is 0 Å². The van der Waals surface area contributed by atoms with Gasteiger partial charge in [0.2, 0.25) is 5.91 Å². The van der Waals surface area contributed by atoms with E-state index in [4.69, 9.17) is 0 Å². The summed E-state index contributed by atoms with van der Waals surface area (Å²) in [7, 11) is 0. The number of carbonyl (C=O) groups is 2. The molecule has 2 aromatic carbocycles. The van der Waals surface area contributed by atoms with Crippen molar-refractivity contribution in [3.8, 4) is 0 Å². The van der Waals surface area contributed by atoms with E-state index in [9.17, 15) is 22.8 Å². The first-order valence-corrected chi connectivity index (χ1v) is 9.85. The molecule has 1 heterocycles. The number of piperazine rings is 1. The smallest absolute Gasteiger partial charge is 0.336 e. The van der Waals surface area contributed by atoms with Gasteiger partial charge in [0.1, 0.15) is 0 Å². The Bertz CT molecular complexity index is 906. The number of benzene rings is 2. The topological polar surface area (TPSA) is 52.7 Å². The second-order valence-electron chi connectivity index (χ2n) is 7.17. The zero-order valence-corrected chi connectivity index (χ0v) is 16.7. The van der Waals surface area contributed by atoms with Crippen LogP contribution in [0.2, 0.25) is 0 Å². The van der Waals surface area contributed by atoms with E-state index in [1.165, 1.54) is 23.1 Å². The van der Waals surface area contributed by atoms with Gasteiger partial charge in [-0.25, -0.2) is 0 Å². The van der Waals surface area contributed by atoms with Gasteiger partial charge in [0, 0.05) is 31.9 Å². The van der Waals surface area contributed by atoms with Crippen molar-refractivity contribution in [2.24, 2.45) is 0 Å². The minimum absolute atomic E-state index is 0.155. The van der Waals surface area contributed by atoms with Crippen molar-refractivity contribution >= 4 is 17.5 Å². The maximum Gasteiger partial charge on any atom is 0.417 e. The highest BCUT2D eigenvalue weighted by atomic mass is 19.4. The van der Waals surface area contributed by atoms with Crippen molar-refractivity contribution in [3.63, 3.8) is 0 Å². The molecule has 30 heavy (non-hydrogen) atoms. The normalized spacial score (nSPS) is 15.1.